The van der Waals surface area contributed by atoms with Gasteiger partial charge in [0.25, 0.3) is 10.0 Å². The van der Waals surface area contributed by atoms with Gasteiger partial charge in [0.2, 0.25) is 0 Å². The second-order valence-electron chi connectivity index (χ2n) is 4.23. The molecule has 0 saturated heterocycles. The van der Waals surface area contributed by atoms with Crippen molar-refractivity contribution in [2.45, 2.75) is 32.2 Å². The van der Waals surface area contributed by atoms with E-state index in [-0.39, 0.29) is 4.90 Å². The van der Waals surface area contributed by atoms with E-state index >= 15 is 0 Å². The molecule has 0 aliphatic carbocycles. The van der Waals surface area contributed by atoms with Crippen molar-refractivity contribution in [3.05, 3.63) is 35.9 Å². The molecule has 0 aliphatic heterocycles. The van der Waals surface area contributed by atoms with Crippen molar-refractivity contribution in [1.29, 1.82) is 0 Å². The van der Waals surface area contributed by atoms with Crippen LogP contribution in [0.3, 0.4) is 0 Å². The number of hydrogen-bond acceptors (Lipinski definition) is 4. The monoisotopic (exact) mass is 280 g/mol. The number of aryl methyl sites for hydroxylation is 3. The molecule has 0 aromatic carbocycles. The second-order valence-corrected chi connectivity index (χ2v) is 5.91. The molecule has 2 aromatic rings. The average molecular weight is 280 g/mol. The molecule has 0 saturated carbocycles. The summed E-state index contributed by atoms with van der Waals surface area (Å²) in [4.78, 5) is 4.24. The predicted octanol–water partition coefficient (Wildman–Crippen LogP) is 1.72. The molecule has 2 rings (SSSR count). The fourth-order valence-corrected chi connectivity index (χ4v) is 2.84. The van der Waals surface area contributed by atoms with E-state index in [4.69, 9.17) is 0 Å². The van der Waals surface area contributed by atoms with Gasteiger partial charge in [-0.05, 0) is 32.4 Å². The van der Waals surface area contributed by atoms with Gasteiger partial charge in [0.15, 0.2) is 0 Å². The van der Waals surface area contributed by atoms with Gasteiger partial charge >= 0.3 is 0 Å². The van der Waals surface area contributed by atoms with Gasteiger partial charge in [0.1, 0.15) is 4.90 Å². The van der Waals surface area contributed by atoms with Crippen LogP contribution >= 0.6 is 0 Å². The molecule has 0 unspecified atom stereocenters. The smallest absolute Gasteiger partial charge is 0.265 e. The van der Waals surface area contributed by atoms with Gasteiger partial charge in [-0.1, -0.05) is 0 Å². The fourth-order valence-electron chi connectivity index (χ4n) is 1.70. The Morgan fingerprint density at radius 2 is 2.11 bits per heavy atom. The molecule has 0 radical (unpaired) electrons. The van der Waals surface area contributed by atoms with E-state index in [0.717, 1.165) is 5.56 Å². The molecule has 0 amide bonds. The van der Waals surface area contributed by atoms with Crippen LogP contribution in [0.5, 0.6) is 0 Å². The van der Waals surface area contributed by atoms with Gasteiger partial charge in [0.05, 0.1) is 17.6 Å². The zero-order chi connectivity index (χ0) is 14.0. The van der Waals surface area contributed by atoms with Gasteiger partial charge in [-0.2, -0.15) is 5.10 Å². The zero-order valence-corrected chi connectivity index (χ0v) is 11.9. The lowest BCUT2D eigenvalue weighted by Crippen LogP contribution is -2.14. The Morgan fingerprint density at radius 1 is 1.37 bits per heavy atom. The summed E-state index contributed by atoms with van der Waals surface area (Å²) in [7, 11) is -3.62. The predicted molar refractivity (Wildman–Crippen MR) is 72.4 cm³/mol. The van der Waals surface area contributed by atoms with E-state index in [0.29, 0.717) is 17.9 Å². The zero-order valence-electron chi connectivity index (χ0n) is 11.1. The first-order valence-corrected chi connectivity index (χ1v) is 7.40. The summed E-state index contributed by atoms with van der Waals surface area (Å²) in [5, 5.41) is 3.97. The average Bonchev–Trinajstić information content (AvgIpc) is 2.83. The van der Waals surface area contributed by atoms with Crippen LogP contribution in [0.25, 0.3) is 0 Å². The van der Waals surface area contributed by atoms with Crippen LogP contribution in [0.1, 0.15) is 18.2 Å². The fraction of sp³-hybridized carbons (Fsp3) is 0.333. The van der Waals surface area contributed by atoms with E-state index in [2.05, 4.69) is 14.8 Å². The van der Waals surface area contributed by atoms with Gasteiger partial charge in [0, 0.05) is 18.9 Å². The number of nitrogens with one attached hydrogen (secondary N) is 1. The molecule has 1 N–H and O–H groups in total. The Balaban J connectivity index is 2.36. The molecule has 0 fully saturated rings. The lowest BCUT2D eigenvalue weighted by molar-refractivity contribution is 0.600. The third-order valence-corrected chi connectivity index (χ3v) is 4.13. The van der Waals surface area contributed by atoms with Gasteiger partial charge in [-0.25, -0.2) is 8.42 Å². The highest BCUT2D eigenvalue weighted by atomic mass is 32.2. The van der Waals surface area contributed by atoms with Crippen molar-refractivity contribution in [3.8, 4) is 0 Å². The Bertz CT molecular complexity index is 671. The standard InChI is InChI=1S/C12H16N4O2S/c1-4-16-8-11(7-14-16)19(17,18)15-12-9(2)5-6-13-10(12)3/h5-8,15H,4H2,1-3H3. The number of anilines is 1. The van der Waals surface area contributed by atoms with E-state index in [1.165, 1.54) is 12.4 Å². The molecule has 102 valence electrons. The van der Waals surface area contributed by atoms with Crippen molar-refractivity contribution < 1.29 is 8.42 Å². The van der Waals surface area contributed by atoms with Crippen molar-refractivity contribution in [2.24, 2.45) is 0 Å². The summed E-state index contributed by atoms with van der Waals surface area (Å²) < 4.78 is 28.6. The number of aromatic nitrogens is 3. The van der Waals surface area contributed by atoms with Gasteiger partial charge in [-0.3, -0.25) is 14.4 Å². The van der Waals surface area contributed by atoms with E-state index in [1.807, 2.05) is 13.8 Å². The lowest BCUT2D eigenvalue weighted by atomic mass is 10.2. The third kappa shape index (κ3) is 2.76. The van der Waals surface area contributed by atoms with Crippen molar-refractivity contribution in [2.75, 3.05) is 4.72 Å². The Hall–Kier alpha value is -1.89. The molecule has 0 atom stereocenters. The number of sulfonamides is 1. The Morgan fingerprint density at radius 3 is 2.68 bits per heavy atom. The minimum Gasteiger partial charge on any atom is -0.277 e. The summed E-state index contributed by atoms with van der Waals surface area (Å²) in [6, 6.07) is 1.76. The number of hydrogen-bond donors (Lipinski definition) is 1. The maximum atomic E-state index is 12.2. The molecule has 2 aromatic heterocycles. The minimum absolute atomic E-state index is 0.150. The molecule has 0 aliphatic rings. The first kappa shape index (κ1) is 13.5. The van der Waals surface area contributed by atoms with Gasteiger partial charge in [-0.15, -0.1) is 0 Å². The van der Waals surface area contributed by atoms with Crippen LogP contribution in [-0.2, 0) is 16.6 Å². The molecule has 6 nitrogen and oxygen atoms in total. The number of pyridine rings is 1. The largest absolute Gasteiger partial charge is 0.277 e. The molecular formula is C12H16N4O2S. The van der Waals surface area contributed by atoms with Crippen molar-refractivity contribution in [1.82, 2.24) is 14.8 Å². The summed E-state index contributed by atoms with van der Waals surface area (Å²) in [5.41, 5.74) is 2.00. The van der Waals surface area contributed by atoms with E-state index < -0.39 is 10.0 Å². The summed E-state index contributed by atoms with van der Waals surface area (Å²) in [6.07, 6.45) is 4.49. The number of nitrogens with zero attached hydrogens (tertiary/aromatic N) is 3. The summed E-state index contributed by atoms with van der Waals surface area (Å²) in [5.74, 6) is 0. The normalized spacial score (nSPS) is 11.5. The third-order valence-electron chi connectivity index (χ3n) is 2.83. The second kappa shape index (κ2) is 5.00. The SMILES string of the molecule is CCn1cc(S(=O)(=O)Nc2c(C)ccnc2C)cn1. The quantitative estimate of drug-likeness (QED) is 0.925. The van der Waals surface area contributed by atoms with Crippen LogP contribution < -0.4 is 4.72 Å². The van der Waals surface area contributed by atoms with Crippen LogP contribution in [0.15, 0.2) is 29.6 Å². The maximum Gasteiger partial charge on any atom is 0.265 e. The summed E-state index contributed by atoms with van der Waals surface area (Å²) >= 11 is 0. The van der Waals surface area contributed by atoms with Crippen LogP contribution in [0.4, 0.5) is 5.69 Å². The van der Waals surface area contributed by atoms with Crippen molar-refractivity contribution in [3.63, 3.8) is 0 Å². The molecule has 7 heteroatoms. The number of rotatable bonds is 4. The highest BCUT2D eigenvalue weighted by molar-refractivity contribution is 7.92. The maximum absolute atomic E-state index is 12.2. The first-order chi connectivity index (χ1) is 8.94. The molecular weight excluding hydrogens is 264 g/mol. The minimum atomic E-state index is -3.62. The van der Waals surface area contributed by atoms with E-state index in [1.54, 1.807) is 23.9 Å². The molecule has 2 heterocycles. The molecule has 19 heavy (non-hydrogen) atoms. The topological polar surface area (TPSA) is 76.9 Å². The molecule has 0 bridgehead atoms. The lowest BCUT2D eigenvalue weighted by Gasteiger charge is -2.11. The Kier molecular flexibility index (Phi) is 3.57. The van der Waals surface area contributed by atoms with E-state index in [9.17, 15) is 8.42 Å². The highest BCUT2D eigenvalue weighted by Gasteiger charge is 2.18. The highest BCUT2D eigenvalue weighted by Crippen LogP contribution is 2.21. The van der Waals surface area contributed by atoms with Crippen LogP contribution in [0, 0.1) is 13.8 Å². The summed E-state index contributed by atoms with van der Waals surface area (Å²) in [6.45, 7) is 6.12. The molecule has 0 spiro atoms. The first-order valence-electron chi connectivity index (χ1n) is 5.91. The Labute approximate surface area is 112 Å². The van der Waals surface area contributed by atoms with Crippen molar-refractivity contribution >= 4 is 15.7 Å². The van der Waals surface area contributed by atoms with Gasteiger partial charge < -0.3 is 0 Å². The van der Waals surface area contributed by atoms with Crippen LogP contribution in [0.2, 0.25) is 0 Å². The van der Waals surface area contributed by atoms with Crippen LogP contribution in [-0.4, -0.2) is 23.2 Å².